The number of amides is 1. The van der Waals surface area contributed by atoms with E-state index >= 15 is 0 Å². The highest BCUT2D eigenvalue weighted by Crippen LogP contribution is 2.28. The maximum absolute atomic E-state index is 13.3. The molecule has 1 amide bonds. The van der Waals surface area contributed by atoms with Gasteiger partial charge in [0.05, 0.1) is 16.8 Å². The standard InChI is InChI=1S/C21H15F2N3OS/c22-16-11-10-14(12-17(16)23)24-20(27)13-28-21-25-18-8-4-5-9-19(18)26(21)15-6-2-1-3-7-15/h1-12H,13H2,(H,24,27). The molecule has 1 N–H and O–H groups in total. The largest absolute Gasteiger partial charge is 0.325 e. The number of aromatic nitrogens is 2. The number of fused-ring (bicyclic) bond motifs is 1. The fourth-order valence-electron chi connectivity index (χ4n) is 2.83. The molecular weight excluding hydrogens is 380 g/mol. The highest BCUT2D eigenvalue weighted by atomic mass is 32.2. The summed E-state index contributed by atoms with van der Waals surface area (Å²) >= 11 is 1.27. The highest BCUT2D eigenvalue weighted by Gasteiger charge is 2.14. The van der Waals surface area contributed by atoms with Crippen LogP contribution in [0.15, 0.2) is 78.0 Å². The van der Waals surface area contributed by atoms with Gasteiger partial charge in [0, 0.05) is 17.4 Å². The van der Waals surface area contributed by atoms with Crippen LogP contribution in [0.5, 0.6) is 0 Å². The number of para-hydroxylation sites is 3. The summed E-state index contributed by atoms with van der Waals surface area (Å²) in [5.41, 5.74) is 2.92. The molecule has 0 spiro atoms. The molecule has 1 aromatic heterocycles. The second kappa shape index (κ2) is 7.82. The van der Waals surface area contributed by atoms with Crippen molar-refractivity contribution in [2.75, 3.05) is 11.1 Å². The molecule has 0 aliphatic carbocycles. The second-order valence-electron chi connectivity index (χ2n) is 6.02. The number of carbonyl (C=O) groups is 1. The van der Waals surface area contributed by atoms with Gasteiger partial charge in [0.1, 0.15) is 0 Å². The number of hydrogen-bond donors (Lipinski definition) is 1. The Bertz CT molecular complexity index is 1150. The summed E-state index contributed by atoms with van der Waals surface area (Å²) in [6.07, 6.45) is 0. The number of halogens is 2. The van der Waals surface area contributed by atoms with Gasteiger partial charge < -0.3 is 5.32 Å². The first-order valence-electron chi connectivity index (χ1n) is 8.52. The van der Waals surface area contributed by atoms with Gasteiger partial charge in [-0.25, -0.2) is 13.8 Å². The van der Waals surface area contributed by atoms with Gasteiger partial charge in [-0.1, -0.05) is 42.1 Å². The lowest BCUT2D eigenvalue weighted by Gasteiger charge is -2.09. The van der Waals surface area contributed by atoms with Crippen molar-refractivity contribution in [1.29, 1.82) is 0 Å². The van der Waals surface area contributed by atoms with E-state index in [1.54, 1.807) is 0 Å². The van der Waals surface area contributed by atoms with Gasteiger partial charge in [-0.2, -0.15) is 0 Å². The SMILES string of the molecule is O=C(CSc1nc2ccccc2n1-c1ccccc1)Nc1ccc(F)c(F)c1. The number of nitrogens with one attached hydrogen (secondary N) is 1. The van der Waals surface area contributed by atoms with E-state index in [-0.39, 0.29) is 17.3 Å². The maximum Gasteiger partial charge on any atom is 0.234 e. The van der Waals surface area contributed by atoms with Crippen LogP contribution in [-0.2, 0) is 4.79 Å². The van der Waals surface area contributed by atoms with Crippen molar-refractivity contribution in [3.05, 3.63) is 84.4 Å². The molecule has 1 heterocycles. The summed E-state index contributed by atoms with van der Waals surface area (Å²) in [7, 11) is 0. The zero-order valence-corrected chi connectivity index (χ0v) is 15.4. The molecule has 0 atom stereocenters. The molecule has 0 bridgehead atoms. The molecule has 4 nitrogen and oxygen atoms in total. The minimum atomic E-state index is -1.00. The summed E-state index contributed by atoms with van der Waals surface area (Å²) in [4.78, 5) is 16.9. The summed E-state index contributed by atoms with van der Waals surface area (Å²) < 4.78 is 28.3. The number of carbonyl (C=O) groups excluding carboxylic acids is 1. The molecule has 4 aromatic rings. The average molecular weight is 395 g/mol. The van der Waals surface area contributed by atoms with Gasteiger partial charge in [-0.05, 0) is 36.4 Å². The van der Waals surface area contributed by atoms with E-state index < -0.39 is 11.6 Å². The van der Waals surface area contributed by atoms with Gasteiger partial charge in [0.25, 0.3) is 0 Å². The lowest BCUT2D eigenvalue weighted by molar-refractivity contribution is -0.113. The average Bonchev–Trinajstić information content (AvgIpc) is 3.08. The smallest absolute Gasteiger partial charge is 0.234 e. The molecule has 7 heteroatoms. The first-order valence-corrected chi connectivity index (χ1v) is 9.51. The summed E-state index contributed by atoms with van der Waals surface area (Å²) in [5, 5.41) is 3.24. The van der Waals surface area contributed by atoms with E-state index in [9.17, 15) is 13.6 Å². The van der Waals surface area contributed by atoms with Crippen LogP contribution in [0, 0.1) is 11.6 Å². The number of nitrogens with zero attached hydrogens (tertiary/aromatic N) is 2. The van der Waals surface area contributed by atoms with E-state index in [2.05, 4.69) is 10.3 Å². The minimum Gasteiger partial charge on any atom is -0.325 e. The van der Waals surface area contributed by atoms with Gasteiger partial charge in [0.15, 0.2) is 16.8 Å². The summed E-state index contributed by atoms with van der Waals surface area (Å²) in [5.74, 6) is -2.21. The molecule has 4 rings (SSSR count). The topological polar surface area (TPSA) is 46.9 Å². The molecule has 0 saturated heterocycles. The van der Waals surface area contributed by atoms with Crippen LogP contribution < -0.4 is 5.32 Å². The Labute approximate surface area is 164 Å². The molecule has 0 radical (unpaired) electrons. The molecule has 0 unspecified atom stereocenters. The third-order valence-electron chi connectivity index (χ3n) is 4.08. The van der Waals surface area contributed by atoms with Crippen molar-refractivity contribution < 1.29 is 13.6 Å². The summed E-state index contributed by atoms with van der Waals surface area (Å²) in [6, 6.07) is 20.8. The number of rotatable bonds is 5. The zero-order valence-electron chi connectivity index (χ0n) is 14.6. The molecule has 0 fully saturated rings. The van der Waals surface area contributed by atoms with Crippen LogP contribution in [0.2, 0.25) is 0 Å². The normalized spacial score (nSPS) is 10.9. The maximum atomic E-state index is 13.3. The third kappa shape index (κ3) is 3.75. The Morgan fingerprint density at radius 2 is 1.71 bits per heavy atom. The van der Waals surface area contributed by atoms with Crippen LogP contribution in [-0.4, -0.2) is 21.2 Å². The first kappa shape index (κ1) is 18.2. The van der Waals surface area contributed by atoms with E-state index in [4.69, 9.17) is 0 Å². The van der Waals surface area contributed by atoms with Crippen molar-refractivity contribution in [1.82, 2.24) is 9.55 Å². The van der Waals surface area contributed by atoms with Gasteiger partial charge in [0.2, 0.25) is 5.91 Å². The Kier molecular flexibility index (Phi) is 5.08. The van der Waals surface area contributed by atoms with Gasteiger partial charge >= 0.3 is 0 Å². The molecular formula is C21H15F2N3OS. The highest BCUT2D eigenvalue weighted by molar-refractivity contribution is 7.99. The van der Waals surface area contributed by atoms with Crippen LogP contribution >= 0.6 is 11.8 Å². The van der Waals surface area contributed by atoms with Crippen LogP contribution in [0.4, 0.5) is 14.5 Å². The number of imidazole rings is 1. The second-order valence-corrected chi connectivity index (χ2v) is 6.96. The van der Waals surface area contributed by atoms with Crippen LogP contribution in [0.1, 0.15) is 0 Å². The van der Waals surface area contributed by atoms with Crippen LogP contribution in [0.25, 0.3) is 16.7 Å². The Hall–Kier alpha value is -3.19. The monoisotopic (exact) mass is 395 g/mol. The van der Waals surface area contributed by atoms with Crippen molar-refractivity contribution in [3.63, 3.8) is 0 Å². The van der Waals surface area contributed by atoms with Gasteiger partial charge in [-0.15, -0.1) is 0 Å². The number of hydrogen-bond acceptors (Lipinski definition) is 3. The van der Waals surface area contributed by atoms with E-state index in [1.807, 2.05) is 59.2 Å². The lowest BCUT2D eigenvalue weighted by atomic mass is 10.3. The predicted molar refractivity (Wildman–Crippen MR) is 107 cm³/mol. The van der Waals surface area contributed by atoms with Crippen molar-refractivity contribution >= 4 is 34.4 Å². The molecule has 0 saturated carbocycles. The minimum absolute atomic E-state index is 0.0785. The fraction of sp³-hybridized carbons (Fsp3) is 0.0476. The Balaban J connectivity index is 1.56. The Morgan fingerprint density at radius 1 is 0.964 bits per heavy atom. The van der Waals surface area contributed by atoms with Crippen molar-refractivity contribution in [3.8, 4) is 5.69 Å². The summed E-state index contributed by atoms with van der Waals surface area (Å²) in [6.45, 7) is 0. The molecule has 3 aromatic carbocycles. The fourth-order valence-corrected chi connectivity index (χ4v) is 3.66. The van der Waals surface area contributed by atoms with Crippen molar-refractivity contribution in [2.45, 2.75) is 5.16 Å². The quantitative estimate of drug-likeness (QED) is 0.482. The van der Waals surface area contributed by atoms with E-state index in [0.717, 1.165) is 28.9 Å². The van der Waals surface area contributed by atoms with E-state index in [1.165, 1.54) is 17.8 Å². The molecule has 0 aliphatic heterocycles. The van der Waals surface area contributed by atoms with Gasteiger partial charge in [-0.3, -0.25) is 9.36 Å². The molecule has 0 aliphatic rings. The first-order chi connectivity index (χ1) is 13.6. The van der Waals surface area contributed by atoms with Crippen LogP contribution in [0.3, 0.4) is 0 Å². The third-order valence-corrected chi connectivity index (χ3v) is 5.02. The molecule has 28 heavy (non-hydrogen) atoms. The number of benzene rings is 3. The van der Waals surface area contributed by atoms with E-state index in [0.29, 0.717) is 5.16 Å². The number of anilines is 1. The zero-order chi connectivity index (χ0) is 19.5. The predicted octanol–water partition coefficient (Wildman–Crippen LogP) is 5.03. The Morgan fingerprint density at radius 3 is 2.50 bits per heavy atom. The molecule has 140 valence electrons. The number of thioether (sulfide) groups is 1. The lowest BCUT2D eigenvalue weighted by Crippen LogP contribution is -2.14. The van der Waals surface area contributed by atoms with Crippen molar-refractivity contribution in [2.24, 2.45) is 0 Å².